The summed E-state index contributed by atoms with van der Waals surface area (Å²) in [7, 11) is 0. The number of halogens is 2. The van der Waals surface area contributed by atoms with Crippen LogP contribution in [0.25, 0.3) is 0 Å². The van der Waals surface area contributed by atoms with Gasteiger partial charge in [-0.1, -0.05) is 15.9 Å². The molecule has 0 aliphatic heterocycles. The summed E-state index contributed by atoms with van der Waals surface area (Å²) < 4.78 is 19.3. The lowest BCUT2D eigenvalue weighted by Gasteiger charge is -2.08. The average molecular weight is 318 g/mol. The first-order chi connectivity index (χ1) is 8.58. The largest absolute Gasteiger partial charge is 0.379 e. The van der Waals surface area contributed by atoms with E-state index in [9.17, 15) is 4.39 Å². The number of hydrogen-bond donors (Lipinski definition) is 1. The second-order valence-corrected chi connectivity index (χ2v) is 5.50. The Labute approximate surface area is 117 Å². The van der Waals surface area contributed by atoms with Crippen molar-refractivity contribution in [2.45, 2.75) is 39.3 Å². The van der Waals surface area contributed by atoms with E-state index in [1.807, 2.05) is 19.9 Å². The van der Waals surface area contributed by atoms with Crippen LogP contribution in [0.1, 0.15) is 32.3 Å². The van der Waals surface area contributed by atoms with Crippen LogP contribution in [0.15, 0.2) is 22.7 Å². The number of unbranched alkanes of at least 4 members (excludes halogenated alkanes) is 1. The number of benzene rings is 1. The third-order valence-corrected chi connectivity index (χ3v) is 2.91. The number of hydrogen-bond acceptors (Lipinski definition) is 2. The Hall–Kier alpha value is -0.450. The molecule has 18 heavy (non-hydrogen) atoms. The van der Waals surface area contributed by atoms with E-state index < -0.39 is 0 Å². The van der Waals surface area contributed by atoms with Crippen molar-refractivity contribution in [3.63, 3.8) is 0 Å². The van der Waals surface area contributed by atoms with E-state index in [0.717, 1.165) is 36.0 Å². The highest BCUT2D eigenvalue weighted by Gasteiger charge is 1.99. The zero-order valence-corrected chi connectivity index (χ0v) is 12.6. The Kier molecular flexibility index (Phi) is 7.47. The zero-order valence-electron chi connectivity index (χ0n) is 11.0. The highest BCUT2D eigenvalue weighted by atomic mass is 79.9. The molecule has 1 N–H and O–H groups in total. The monoisotopic (exact) mass is 317 g/mol. The number of nitrogens with one attached hydrogen (secondary N) is 1. The molecule has 0 unspecified atom stereocenters. The summed E-state index contributed by atoms with van der Waals surface area (Å²) >= 11 is 3.29. The van der Waals surface area contributed by atoms with Crippen LogP contribution in [0.3, 0.4) is 0 Å². The van der Waals surface area contributed by atoms with Gasteiger partial charge >= 0.3 is 0 Å². The molecular formula is C14H21BrFNO. The minimum absolute atomic E-state index is 0.202. The van der Waals surface area contributed by atoms with Crippen LogP contribution in [0.5, 0.6) is 0 Å². The van der Waals surface area contributed by atoms with Gasteiger partial charge in [0.15, 0.2) is 0 Å². The van der Waals surface area contributed by atoms with Crippen molar-refractivity contribution in [3.8, 4) is 0 Å². The molecule has 0 saturated heterocycles. The summed E-state index contributed by atoms with van der Waals surface area (Å²) in [6, 6.07) is 4.95. The van der Waals surface area contributed by atoms with Crippen molar-refractivity contribution in [2.75, 3.05) is 13.2 Å². The molecule has 4 heteroatoms. The van der Waals surface area contributed by atoms with Gasteiger partial charge in [0.25, 0.3) is 0 Å². The highest BCUT2D eigenvalue weighted by molar-refractivity contribution is 9.10. The Morgan fingerprint density at radius 1 is 1.28 bits per heavy atom. The molecule has 0 spiro atoms. The smallest absolute Gasteiger partial charge is 0.124 e. The number of rotatable bonds is 8. The molecule has 0 aliphatic carbocycles. The van der Waals surface area contributed by atoms with E-state index in [0.29, 0.717) is 12.6 Å². The van der Waals surface area contributed by atoms with Gasteiger partial charge in [-0.15, -0.1) is 0 Å². The van der Waals surface area contributed by atoms with Crippen LogP contribution in [-0.2, 0) is 11.3 Å². The number of ether oxygens (including phenoxy) is 1. The minimum Gasteiger partial charge on any atom is -0.379 e. The van der Waals surface area contributed by atoms with Gasteiger partial charge in [-0.05, 0) is 57.0 Å². The van der Waals surface area contributed by atoms with Gasteiger partial charge in [0.05, 0.1) is 6.10 Å². The molecule has 1 aromatic rings. The van der Waals surface area contributed by atoms with E-state index in [1.165, 1.54) is 6.07 Å². The maximum atomic E-state index is 13.1. The standard InChI is InChI=1S/C14H21BrFNO/c1-11(2)18-6-4-3-5-17-10-12-7-13(15)9-14(16)8-12/h7-9,11,17H,3-6,10H2,1-2H3. The van der Waals surface area contributed by atoms with Gasteiger partial charge < -0.3 is 10.1 Å². The van der Waals surface area contributed by atoms with Crippen molar-refractivity contribution in [3.05, 3.63) is 34.1 Å². The molecule has 0 radical (unpaired) electrons. The fourth-order valence-electron chi connectivity index (χ4n) is 1.62. The van der Waals surface area contributed by atoms with Crippen LogP contribution >= 0.6 is 15.9 Å². The topological polar surface area (TPSA) is 21.3 Å². The van der Waals surface area contributed by atoms with Crippen LogP contribution < -0.4 is 5.32 Å². The maximum Gasteiger partial charge on any atom is 0.124 e. The summed E-state index contributed by atoms with van der Waals surface area (Å²) in [6.45, 7) is 6.52. The van der Waals surface area contributed by atoms with E-state index in [-0.39, 0.29) is 5.82 Å². The Morgan fingerprint density at radius 3 is 2.72 bits per heavy atom. The Balaban J connectivity index is 2.10. The SMILES string of the molecule is CC(C)OCCCCNCc1cc(F)cc(Br)c1. The molecule has 1 rings (SSSR count). The normalized spacial score (nSPS) is 11.2. The second kappa shape index (κ2) is 8.62. The van der Waals surface area contributed by atoms with E-state index in [4.69, 9.17) is 4.74 Å². The molecule has 102 valence electrons. The average Bonchev–Trinajstić information content (AvgIpc) is 2.26. The zero-order chi connectivity index (χ0) is 13.4. The van der Waals surface area contributed by atoms with Gasteiger partial charge in [-0.3, -0.25) is 0 Å². The van der Waals surface area contributed by atoms with Crippen molar-refractivity contribution < 1.29 is 9.13 Å². The van der Waals surface area contributed by atoms with Gasteiger partial charge in [-0.2, -0.15) is 0 Å². The second-order valence-electron chi connectivity index (χ2n) is 4.58. The third-order valence-electron chi connectivity index (χ3n) is 2.45. The first kappa shape index (κ1) is 15.6. The summed E-state index contributed by atoms with van der Waals surface area (Å²) in [5.41, 5.74) is 0.959. The lowest BCUT2D eigenvalue weighted by Crippen LogP contribution is -2.15. The predicted octanol–water partition coefficient (Wildman–Crippen LogP) is 3.88. The van der Waals surface area contributed by atoms with Crippen molar-refractivity contribution in [2.24, 2.45) is 0 Å². The molecule has 0 fully saturated rings. The predicted molar refractivity (Wildman–Crippen MR) is 76.1 cm³/mol. The quantitative estimate of drug-likeness (QED) is 0.735. The van der Waals surface area contributed by atoms with Crippen molar-refractivity contribution in [1.29, 1.82) is 0 Å². The lowest BCUT2D eigenvalue weighted by atomic mass is 10.2. The lowest BCUT2D eigenvalue weighted by molar-refractivity contribution is 0.0760. The van der Waals surface area contributed by atoms with Crippen molar-refractivity contribution in [1.82, 2.24) is 5.32 Å². The van der Waals surface area contributed by atoms with Gasteiger partial charge in [-0.25, -0.2) is 4.39 Å². The molecule has 0 heterocycles. The fraction of sp³-hybridized carbons (Fsp3) is 0.571. The molecule has 0 saturated carbocycles. The molecular weight excluding hydrogens is 297 g/mol. The first-order valence-electron chi connectivity index (χ1n) is 6.35. The van der Waals surface area contributed by atoms with E-state index >= 15 is 0 Å². The minimum atomic E-state index is -0.202. The molecule has 0 amide bonds. The van der Waals surface area contributed by atoms with Crippen LogP contribution in [0.2, 0.25) is 0 Å². The third kappa shape index (κ3) is 7.09. The van der Waals surface area contributed by atoms with Crippen LogP contribution in [0.4, 0.5) is 4.39 Å². The Morgan fingerprint density at radius 2 is 2.06 bits per heavy atom. The highest BCUT2D eigenvalue weighted by Crippen LogP contribution is 2.14. The van der Waals surface area contributed by atoms with E-state index in [2.05, 4.69) is 21.2 Å². The summed E-state index contributed by atoms with van der Waals surface area (Å²) in [5, 5.41) is 3.30. The summed E-state index contributed by atoms with van der Waals surface area (Å²) in [4.78, 5) is 0. The molecule has 0 aromatic heterocycles. The fourth-order valence-corrected chi connectivity index (χ4v) is 2.13. The van der Waals surface area contributed by atoms with Gasteiger partial charge in [0.1, 0.15) is 5.82 Å². The van der Waals surface area contributed by atoms with Crippen LogP contribution in [-0.4, -0.2) is 19.3 Å². The first-order valence-corrected chi connectivity index (χ1v) is 7.14. The van der Waals surface area contributed by atoms with E-state index in [1.54, 1.807) is 6.07 Å². The van der Waals surface area contributed by atoms with Crippen molar-refractivity contribution >= 4 is 15.9 Å². The molecule has 1 aromatic carbocycles. The molecule has 2 nitrogen and oxygen atoms in total. The summed E-state index contributed by atoms with van der Waals surface area (Å²) in [6.07, 6.45) is 2.43. The maximum absolute atomic E-state index is 13.1. The van der Waals surface area contributed by atoms with Crippen LogP contribution in [0, 0.1) is 5.82 Å². The molecule has 0 aliphatic rings. The van der Waals surface area contributed by atoms with Gasteiger partial charge in [0.2, 0.25) is 0 Å². The molecule has 0 atom stereocenters. The molecule has 0 bridgehead atoms. The summed E-state index contributed by atoms with van der Waals surface area (Å²) in [5.74, 6) is -0.202. The Bertz CT molecular complexity index is 337. The van der Waals surface area contributed by atoms with Gasteiger partial charge in [0, 0.05) is 17.6 Å².